The highest BCUT2D eigenvalue weighted by Gasteiger charge is 2.38. The van der Waals surface area contributed by atoms with Crippen LogP contribution in [0.5, 0.6) is 0 Å². The van der Waals surface area contributed by atoms with Gasteiger partial charge in [-0.2, -0.15) is 18.3 Å². The fourth-order valence-electron chi connectivity index (χ4n) is 4.03. The van der Waals surface area contributed by atoms with E-state index in [9.17, 15) is 18.0 Å². The Bertz CT molecular complexity index is 1320. The van der Waals surface area contributed by atoms with Gasteiger partial charge in [0.2, 0.25) is 0 Å². The van der Waals surface area contributed by atoms with Gasteiger partial charge in [-0.3, -0.25) is 4.79 Å². The Morgan fingerprint density at radius 2 is 1.97 bits per heavy atom. The summed E-state index contributed by atoms with van der Waals surface area (Å²) in [5, 5.41) is 8.10. The molecule has 0 aliphatic carbocycles. The van der Waals surface area contributed by atoms with Gasteiger partial charge in [-0.15, -0.1) is 0 Å². The number of hydrogen-bond acceptors (Lipinski definition) is 3. The number of anilines is 1. The van der Waals surface area contributed by atoms with Gasteiger partial charge in [-0.05, 0) is 61.7 Å². The fourth-order valence-corrected chi connectivity index (χ4v) is 4.03. The molecule has 0 spiro atoms. The number of alkyl halides is 3. The number of rotatable bonds is 4. The molecular weight excluding hydrogens is 433 g/mol. The van der Waals surface area contributed by atoms with Gasteiger partial charge in [-0.25, -0.2) is 4.68 Å². The predicted molar refractivity (Wildman–Crippen MR) is 118 cm³/mol. The van der Waals surface area contributed by atoms with Crippen LogP contribution in [-0.2, 0) is 15.7 Å². The Morgan fingerprint density at radius 1 is 1.18 bits per heavy atom. The number of fused-ring (bicyclic) bond motifs is 1. The molecule has 2 aromatic carbocycles. The number of carbonyl (C=O) groups excluding carboxylic acids is 1. The lowest BCUT2D eigenvalue weighted by molar-refractivity contribution is -0.137. The molecule has 2 aromatic heterocycles. The smallest absolute Gasteiger partial charge is 0.365 e. The van der Waals surface area contributed by atoms with E-state index in [-0.39, 0.29) is 5.91 Å². The summed E-state index contributed by atoms with van der Waals surface area (Å²) in [6.45, 7) is 2.37. The number of benzene rings is 2. The molecule has 1 aliphatic rings. The molecule has 1 amide bonds. The van der Waals surface area contributed by atoms with Crippen molar-refractivity contribution in [3.8, 4) is 16.8 Å². The first-order valence-corrected chi connectivity index (χ1v) is 10.5. The SMILES string of the molecule is CC1(C(=O)Nc2c[nH]c3ccc(-c4cnn(-c5ccc(C(F)(F)F)cc5)c4)cc23)CCCO1. The molecule has 1 unspecified atom stereocenters. The summed E-state index contributed by atoms with van der Waals surface area (Å²) < 4.78 is 45.6. The Balaban J connectivity index is 1.41. The Morgan fingerprint density at radius 3 is 2.67 bits per heavy atom. The highest BCUT2D eigenvalue weighted by atomic mass is 19.4. The number of aromatic amines is 1. The van der Waals surface area contributed by atoms with E-state index < -0.39 is 17.3 Å². The van der Waals surface area contributed by atoms with Gasteiger partial charge < -0.3 is 15.0 Å². The second-order valence-electron chi connectivity index (χ2n) is 8.32. The molecular formula is C24H21F3N4O2. The number of H-pyrrole nitrogens is 1. The molecule has 9 heteroatoms. The van der Waals surface area contributed by atoms with Crippen molar-refractivity contribution in [2.45, 2.75) is 31.5 Å². The van der Waals surface area contributed by atoms with Gasteiger partial charge in [0.25, 0.3) is 5.91 Å². The van der Waals surface area contributed by atoms with Crippen molar-refractivity contribution in [3.63, 3.8) is 0 Å². The van der Waals surface area contributed by atoms with Crippen LogP contribution in [0.15, 0.2) is 61.1 Å². The molecule has 1 saturated heterocycles. The quantitative estimate of drug-likeness (QED) is 0.425. The monoisotopic (exact) mass is 454 g/mol. The van der Waals surface area contributed by atoms with Gasteiger partial charge >= 0.3 is 6.18 Å². The van der Waals surface area contributed by atoms with Crippen molar-refractivity contribution in [2.75, 3.05) is 11.9 Å². The highest BCUT2D eigenvalue weighted by Crippen LogP contribution is 2.33. The Hall–Kier alpha value is -3.59. The lowest BCUT2D eigenvalue weighted by atomic mass is 10.0. The van der Waals surface area contributed by atoms with Gasteiger partial charge in [0.05, 0.1) is 23.1 Å². The fraction of sp³-hybridized carbons (Fsp3) is 0.250. The normalized spacial score (nSPS) is 18.7. The minimum absolute atomic E-state index is 0.179. The third-order valence-corrected chi connectivity index (χ3v) is 6.00. The number of ether oxygens (including phenoxy) is 1. The summed E-state index contributed by atoms with van der Waals surface area (Å²) >= 11 is 0. The van der Waals surface area contributed by atoms with E-state index in [1.54, 1.807) is 25.5 Å². The van der Waals surface area contributed by atoms with E-state index in [0.717, 1.165) is 40.6 Å². The van der Waals surface area contributed by atoms with Crippen molar-refractivity contribution in [2.24, 2.45) is 0 Å². The van der Waals surface area contributed by atoms with E-state index >= 15 is 0 Å². The van der Waals surface area contributed by atoms with Crippen LogP contribution in [0.2, 0.25) is 0 Å². The standard InChI is InChI=1S/C24H21F3N4O2/c1-23(9-2-10-33-23)22(32)30-21-13-28-20-8-3-15(11-19(20)21)16-12-29-31(14-16)18-6-4-17(5-7-18)24(25,26)27/h3-8,11-14,28H,2,9-10H2,1H3,(H,30,32). The maximum atomic E-state index is 12.8. The van der Waals surface area contributed by atoms with E-state index in [1.807, 2.05) is 18.2 Å². The van der Waals surface area contributed by atoms with Crippen LogP contribution in [0.25, 0.3) is 27.7 Å². The number of aromatic nitrogens is 3. The van der Waals surface area contributed by atoms with Gasteiger partial charge in [-0.1, -0.05) is 6.07 Å². The third kappa shape index (κ3) is 4.00. The van der Waals surface area contributed by atoms with E-state index in [2.05, 4.69) is 15.4 Å². The second-order valence-corrected chi connectivity index (χ2v) is 8.32. The van der Waals surface area contributed by atoms with Crippen molar-refractivity contribution in [1.82, 2.24) is 14.8 Å². The Labute approximate surface area is 187 Å². The van der Waals surface area contributed by atoms with Gasteiger partial charge in [0, 0.05) is 35.5 Å². The molecule has 6 nitrogen and oxygen atoms in total. The van der Waals surface area contributed by atoms with E-state index in [1.165, 1.54) is 16.8 Å². The van der Waals surface area contributed by atoms with Crippen molar-refractivity contribution in [3.05, 3.63) is 66.6 Å². The van der Waals surface area contributed by atoms with Crippen LogP contribution >= 0.6 is 0 Å². The number of halogens is 3. The molecule has 170 valence electrons. The third-order valence-electron chi connectivity index (χ3n) is 6.00. The lowest BCUT2D eigenvalue weighted by Crippen LogP contribution is -2.39. The number of amides is 1. The molecule has 0 bridgehead atoms. The molecule has 1 fully saturated rings. The summed E-state index contributed by atoms with van der Waals surface area (Å²) in [5.74, 6) is -0.179. The summed E-state index contributed by atoms with van der Waals surface area (Å²) in [5.41, 5.74) is 2.16. The zero-order chi connectivity index (χ0) is 23.2. The second kappa shape index (κ2) is 7.77. The number of carbonyl (C=O) groups is 1. The summed E-state index contributed by atoms with van der Waals surface area (Å²) in [6.07, 6.45) is 2.30. The van der Waals surface area contributed by atoms with Crippen LogP contribution in [0, 0.1) is 0 Å². The summed E-state index contributed by atoms with van der Waals surface area (Å²) in [4.78, 5) is 15.9. The van der Waals surface area contributed by atoms with Gasteiger partial charge in [0.15, 0.2) is 0 Å². The molecule has 1 aliphatic heterocycles. The maximum Gasteiger partial charge on any atom is 0.416 e. The first kappa shape index (κ1) is 21.3. The highest BCUT2D eigenvalue weighted by molar-refractivity contribution is 6.05. The van der Waals surface area contributed by atoms with Crippen molar-refractivity contribution in [1.29, 1.82) is 0 Å². The van der Waals surface area contributed by atoms with Crippen LogP contribution in [0.4, 0.5) is 18.9 Å². The topological polar surface area (TPSA) is 71.9 Å². The van der Waals surface area contributed by atoms with Crippen LogP contribution in [0.1, 0.15) is 25.3 Å². The largest absolute Gasteiger partial charge is 0.416 e. The average Bonchev–Trinajstić information content (AvgIpc) is 3.54. The Kier molecular flexibility index (Phi) is 5.01. The molecule has 33 heavy (non-hydrogen) atoms. The van der Waals surface area contributed by atoms with Crippen molar-refractivity contribution >= 4 is 22.5 Å². The number of nitrogens with one attached hydrogen (secondary N) is 2. The first-order chi connectivity index (χ1) is 15.7. The molecule has 1 atom stereocenters. The molecule has 5 rings (SSSR count). The lowest BCUT2D eigenvalue weighted by Gasteiger charge is -2.21. The molecule has 3 heterocycles. The van der Waals surface area contributed by atoms with Crippen molar-refractivity contribution < 1.29 is 22.7 Å². The summed E-state index contributed by atoms with van der Waals surface area (Å²) in [7, 11) is 0. The number of hydrogen-bond donors (Lipinski definition) is 2. The molecule has 0 radical (unpaired) electrons. The molecule has 0 saturated carbocycles. The minimum atomic E-state index is -4.38. The predicted octanol–water partition coefficient (Wildman–Crippen LogP) is 5.55. The van der Waals surface area contributed by atoms with Crippen LogP contribution in [0.3, 0.4) is 0 Å². The van der Waals surface area contributed by atoms with Crippen LogP contribution in [-0.4, -0.2) is 32.9 Å². The maximum absolute atomic E-state index is 12.8. The average molecular weight is 454 g/mol. The molecule has 2 N–H and O–H groups in total. The van der Waals surface area contributed by atoms with E-state index in [4.69, 9.17) is 4.74 Å². The first-order valence-electron chi connectivity index (χ1n) is 10.5. The van der Waals surface area contributed by atoms with Gasteiger partial charge in [0.1, 0.15) is 5.60 Å². The van der Waals surface area contributed by atoms with E-state index in [0.29, 0.717) is 24.4 Å². The zero-order valence-corrected chi connectivity index (χ0v) is 17.7. The van der Waals surface area contributed by atoms with Crippen LogP contribution < -0.4 is 5.32 Å². The zero-order valence-electron chi connectivity index (χ0n) is 17.7. The minimum Gasteiger partial charge on any atom is -0.365 e. The molecule has 4 aromatic rings. The summed E-state index contributed by atoms with van der Waals surface area (Å²) in [6, 6.07) is 10.6. The number of nitrogens with zero attached hydrogens (tertiary/aromatic N) is 2.